The number of hydrogen-bond acceptors (Lipinski definition) is 3. The van der Waals surface area contributed by atoms with E-state index in [0.29, 0.717) is 41.8 Å². The lowest BCUT2D eigenvalue weighted by Gasteiger charge is -2.58. The van der Waals surface area contributed by atoms with Crippen molar-refractivity contribution in [1.29, 1.82) is 0 Å². The average Bonchev–Trinajstić information content (AvgIpc) is 3.27. The standard InChI is InChI=1S/C27H30O3/c1-26-16-22(17-5-3-2-4-6-17)25-20-10-8-19(28)15-18(20)7-9-21(25)23(26)11-13-27(26)14-12-24(29)30-27/h2-6,12,14-15,20-23,25H,7-11,13,16H2,1H3/t20-,21-,22+,23-,25+,26-,27+/m0/s1. The third-order valence-corrected chi connectivity index (χ3v) is 9.49. The number of allylic oxidation sites excluding steroid dienone is 1. The lowest BCUT2D eigenvalue weighted by molar-refractivity contribution is -0.162. The lowest BCUT2D eigenvalue weighted by atomic mass is 9.46. The van der Waals surface area contributed by atoms with Crippen LogP contribution < -0.4 is 0 Å². The number of hydrogen-bond donors (Lipinski definition) is 0. The summed E-state index contributed by atoms with van der Waals surface area (Å²) in [5.74, 6) is 2.94. The number of rotatable bonds is 1. The first kappa shape index (κ1) is 18.6. The fourth-order valence-corrected chi connectivity index (χ4v) is 8.26. The Morgan fingerprint density at radius 2 is 1.83 bits per heavy atom. The minimum atomic E-state index is -0.425. The molecule has 0 saturated heterocycles. The number of carbonyl (C=O) groups is 2. The Hall–Kier alpha value is -2.16. The molecule has 1 heterocycles. The fraction of sp³-hybridized carbons (Fsp3) is 0.556. The Morgan fingerprint density at radius 3 is 2.60 bits per heavy atom. The molecule has 0 bridgehead atoms. The summed E-state index contributed by atoms with van der Waals surface area (Å²) in [6.45, 7) is 2.40. The van der Waals surface area contributed by atoms with E-state index >= 15 is 0 Å². The number of ether oxygens (including phenoxy) is 1. The molecule has 30 heavy (non-hydrogen) atoms. The summed E-state index contributed by atoms with van der Waals surface area (Å²) in [4.78, 5) is 24.3. The molecule has 3 fully saturated rings. The number of carbonyl (C=O) groups excluding carboxylic acids is 2. The largest absolute Gasteiger partial charge is 0.451 e. The number of fused-ring (bicyclic) bond motifs is 6. The smallest absolute Gasteiger partial charge is 0.331 e. The summed E-state index contributed by atoms with van der Waals surface area (Å²) in [6.07, 6.45) is 12.8. The van der Waals surface area contributed by atoms with E-state index in [1.807, 2.05) is 6.08 Å². The zero-order valence-corrected chi connectivity index (χ0v) is 17.7. The van der Waals surface area contributed by atoms with Crippen molar-refractivity contribution in [3.63, 3.8) is 0 Å². The van der Waals surface area contributed by atoms with Crippen molar-refractivity contribution in [3.8, 4) is 0 Å². The predicted octanol–water partition coefficient (Wildman–Crippen LogP) is 5.37. The van der Waals surface area contributed by atoms with Crippen LogP contribution in [0.2, 0.25) is 0 Å². The van der Waals surface area contributed by atoms with Gasteiger partial charge in [-0.05, 0) is 85.8 Å². The molecule has 6 rings (SSSR count). The summed E-state index contributed by atoms with van der Waals surface area (Å²) < 4.78 is 6.06. The minimum Gasteiger partial charge on any atom is -0.451 e. The molecule has 1 spiro atoms. The summed E-state index contributed by atoms with van der Waals surface area (Å²) in [5.41, 5.74) is 2.38. The molecule has 0 radical (unpaired) electrons. The van der Waals surface area contributed by atoms with Gasteiger partial charge < -0.3 is 4.74 Å². The van der Waals surface area contributed by atoms with Gasteiger partial charge in [-0.15, -0.1) is 0 Å². The second-order valence-corrected chi connectivity index (χ2v) is 10.5. The lowest BCUT2D eigenvalue weighted by Crippen LogP contribution is -2.54. The van der Waals surface area contributed by atoms with Gasteiger partial charge in [0.15, 0.2) is 5.78 Å². The number of benzene rings is 1. The number of ketones is 1. The van der Waals surface area contributed by atoms with Gasteiger partial charge >= 0.3 is 5.97 Å². The van der Waals surface area contributed by atoms with Gasteiger partial charge in [0.05, 0.1) is 0 Å². The van der Waals surface area contributed by atoms with Crippen LogP contribution in [0.3, 0.4) is 0 Å². The van der Waals surface area contributed by atoms with Crippen LogP contribution in [0.4, 0.5) is 0 Å². The van der Waals surface area contributed by atoms with Crippen molar-refractivity contribution in [1.82, 2.24) is 0 Å². The van der Waals surface area contributed by atoms with Crippen LogP contribution in [-0.2, 0) is 14.3 Å². The first-order chi connectivity index (χ1) is 14.5. The molecule has 1 aromatic carbocycles. The van der Waals surface area contributed by atoms with Gasteiger partial charge in [-0.1, -0.05) is 42.8 Å². The molecule has 1 aromatic rings. The van der Waals surface area contributed by atoms with E-state index in [9.17, 15) is 9.59 Å². The molecule has 0 aromatic heterocycles. The van der Waals surface area contributed by atoms with E-state index < -0.39 is 5.60 Å². The highest BCUT2D eigenvalue weighted by atomic mass is 16.6. The predicted molar refractivity (Wildman–Crippen MR) is 115 cm³/mol. The maximum Gasteiger partial charge on any atom is 0.331 e. The highest BCUT2D eigenvalue weighted by Crippen LogP contribution is 2.69. The monoisotopic (exact) mass is 402 g/mol. The van der Waals surface area contributed by atoms with Gasteiger partial charge in [0, 0.05) is 17.9 Å². The van der Waals surface area contributed by atoms with E-state index in [1.54, 1.807) is 6.08 Å². The Balaban J connectivity index is 1.46. The van der Waals surface area contributed by atoms with Gasteiger partial charge in [0.25, 0.3) is 0 Å². The van der Waals surface area contributed by atoms with Crippen LogP contribution in [0.15, 0.2) is 54.1 Å². The highest BCUT2D eigenvalue weighted by molar-refractivity contribution is 5.91. The van der Waals surface area contributed by atoms with Gasteiger partial charge in [-0.2, -0.15) is 0 Å². The van der Waals surface area contributed by atoms with Crippen molar-refractivity contribution in [2.45, 2.75) is 63.4 Å². The van der Waals surface area contributed by atoms with Crippen LogP contribution >= 0.6 is 0 Å². The topological polar surface area (TPSA) is 43.4 Å². The highest BCUT2D eigenvalue weighted by Gasteiger charge is 2.66. The van der Waals surface area contributed by atoms with Crippen LogP contribution in [0.25, 0.3) is 0 Å². The molecule has 3 saturated carbocycles. The summed E-state index contributed by atoms with van der Waals surface area (Å²) in [5, 5.41) is 0. The molecular formula is C27H30O3. The van der Waals surface area contributed by atoms with E-state index in [1.165, 1.54) is 11.1 Å². The first-order valence-corrected chi connectivity index (χ1v) is 11.7. The zero-order chi connectivity index (χ0) is 20.5. The molecular weight excluding hydrogens is 372 g/mol. The average molecular weight is 403 g/mol. The Morgan fingerprint density at radius 1 is 1.00 bits per heavy atom. The maximum absolute atomic E-state index is 12.1. The molecule has 156 valence electrons. The van der Waals surface area contributed by atoms with Crippen molar-refractivity contribution in [3.05, 3.63) is 59.7 Å². The second kappa shape index (κ2) is 6.42. The molecule has 0 N–H and O–H groups in total. The normalized spacial score (nSPS) is 44.3. The van der Waals surface area contributed by atoms with E-state index in [-0.39, 0.29) is 11.4 Å². The maximum atomic E-state index is 12.1. The molecule has 1 aliphatic heterocycles. The summed E-state index contributed by atoms with van der Waals surface area (Å²) in [6, 6.07) is 11.0. The van der Waals surface area contributed by atoms with E-state index in [4.69, 9.17) is 4.74 Å². The molecule has 0 amide bonds. The van der Waals surface area contributed by atoms with Crippen LogP contribution in [0.1, 0.15) is 63.4 Å². The van der Waals surface area contributed by atoms with Crippen molar-refractivity contribution in [2.75, 3.05) is 0 Å². The fourth-order valence-electron chi connectivity index (χ4n) is 8.26. The third-order valence-electron chi connectivity index (χ3n) is 9.49. The minimum absolute atomic E-state index is 0.0248. The number of esters is 1. The van der Waals surface area contributed by atoms with Gasteiger partial charge in [0.2, 0.25) is 0 Å². The SMILES string of the molecule is C[C@]12C[C@H](c3ccccc3)[C@H]3[C@@H](CCC4=CC(=O)CC[C@@H]43)[C@@H]1CC[C@@]21C=CC(=O)O1. The van der Waals surface area contributed by atoms with Crippen molar-refractivity contribution in [2.24, 2.45) is 29.1 Å². The Bertz CT molecular complexity index is 960. The van der Waals surface area contributed by atoms with Crippen molar-refractivity contribution >= 4 is 11.8 Å². The van der Waals surface area contributed by atoms with E-state index in [2.05, 4.69) is 43.3 Å². The quantitative estimate of drug-likeness (QED) is 0.593. The van der Waals surface area contributed by atoms with Gasteiger partial charge in [0.1, 0.15) is 5.60 Å². The molecule has 5 aliphatic rings. The molecule has 3 heteroatoms. The molecule has 0 unspecified atom stereocenters. The van der Waals surface area contributed by atoms with Gasteiger partial charge in [-0.3, -0.25) is 4.79 Å². The van der Waals surface area contributed by atoms with Crippen LogP contribution in [-0.4, -0.2) is 17.4 Å². The Labute approximate surface area is 178 Å². The zero-order valence-electron chi connectivity index (χ0n) is 17.7. The van der Waals surface area contributed by atoms with Crippen molar-refractivity contribution < 1.29 is 14.3 Å². The summed E-state index contributed by atoms with van der Waals surface area (Å²) >= 11 is 0. The van der Waals surface area contributed by atoms with Crippen LogP contribution in [0, 0.1) is 29.1 Å². The van der Waals surface area contributed by atoms with E-state index in [0.717, 1.165) is 38.5 Å². The van der Waals surface area contributed by atoms with Gasteiger partial charge in [-0.25, -0.2) is 4.79 Å². The molecule has 3 nitrogen and oxygen atoms in total. The molecule has 7 atom stereocenters. The first-order valence-electron chi connectivity index (χ1n) is 11.7. The summed E-state index contributed by atoms with van der Waals surface area (Å²) in [7, 11) is 0. The second-order valence-electron chi connectivity index (χ2n) is 10.5. The molecule has 4 aliphatic carbocycles. The Kier molecular flexibility index (Phi) is 3.98. The van der Waals surface area contributed by atoms with Crippen LogP contribution in [0.5, 0.6) is 0 Å². The third kappa shape index (κ3) is 2.44.